The molecule has 1 N–H and O–H groups in total. The minimum atomic E-state index is -0.379. The van der Waals surface area contributed by atoms with E-state index in [-0.39, 0.29) is 18.1 Å². The van der Waals surface area contributed by atoms with E-state index in [2.05, 4.69) is 21.2 Å². The zero-order chi connectivity index (χ0) is 12.1. The van der Waals surface area contributed by atoms with Gasteiger partial charge in [-0.05, 0) is 41.1 Å². The second-order valence-electron chi connectivity index (χ2n) is 3.40. The Kier molecular flexibility index (Phi) is 5.18. The number of ether oxygens (including phenoxy) is 2. The van der Waals surface area contributed by atoms with E-state index >= 15 is 0 Å². The number of halogens is 2. The van der Waals surface area contributed by atoms with Gasteiger partial charge in [0.25, 0.3) is 0 Å². The third-order valence-corrected chi connectivity index (χ3v) is 2.88. The zero-order valence-corrected chi connectivity index (χ0v) is 11.0. The van der Waals surface area contributed by atoms with E-state index in [9.17, 15) is 4.39 Å². The lowest BCUT2D eigenvalue weighted by molar-refractivity contribution is -0.109. The van der Waals surface area contributed by atoms with Gasteiger partial charge in [-0.2, -0.15) is 0 Å². The van der Waals surface area contributed by atoms with Gasteiger partial charge in [-0.1, -0.05) is 0 Å². The molecule has 0 fully saturated rings. The Hall–Kier alpha value is -0.650. The Labute approximate surface area is 103 Å². The van der Waals surface area contributed by atoms with Crippen LogP contribution in [-0.2, 0) is 9.47 Å². The van der Waals surface area contributed by atoms with Crippen LogP contribution in [0.2, 0.25) is 0 Å². The van der Waals surface area contributed by atoms with Gasteiger partial charge in [0.1, 0.15) is 5.82 Å². The molecule has 0 bridgehead atoms. The van der Waals surface area contributed by atoms with Crippen LogP contribution >= 0.6 is 15.9 Å². The van der Waals surface area contributed by atoms with Crippen molar-refractivity contribution in [2.45, 2.75) is 19.3 Å². The van der Waals surface area contributed by atoms with Gasteiger partial charge in [0.05, 0.1) is 11.7 Å². The molecule has 16 heavy (non-hydrogen) atoms. The molecule has 1 atom stereocenters. The maximum Gasteiger partial charge on any atom is 0.176 e. The van der Waals surface area contributed by atoms with E-state index in [1.54, 1.807) is 20.3 Å². The maximum absolute atomic E-state index is 13.0. The summed E-state index contributed by atoms with van der Waals surface area (Å²) in [5.41, 5.74) is 0.673. The average Bonchev–Trinajstić information content (AvgIpc) is 2.25. The summed E-state index contributed by atoms with van der Waals surface area (Å²) >= 11 is 3.34. The van der Waals surface area contributed by atoms with Gasteiger partial charge in [0, 0.05) is 18.7 Å². The summed E-state index contributed by atoms with van der Waals surface area (Å²) in [5.74, 6) is -0.288. The summed E-state index contributed by atoms with van der Waals surface area (Å²) in [6.07, 6.45) is -0.379. The lowest BCUT2D eigenvalue weighted by Crippen LogP contribution is -2.33. The Balaban J connectivity index is 2.75. The van der Waals surface area contributed by atoms with Crippen LogP contribution in [0.4, 0.5) is 10.1 Å². The molecule has 1 rings (SSSR count). The second kappa shape index (κ2) is 6.18. The Morgan fingerprint density at radius 3 is 2.50 bits per heavy atom. The van der Waals surface area contributed by atoms with Gasteiger partial charge in [-0.15, -0.1) is 0 Å². The number of hydrogen-bond acceptors (Lipinski definition) is 3. The summed E-state index contributed by atoms with van der Waals surface area (Å²) in [4.78, 5) is 0. The quantitative estimate of drug-likeness (QED) is 0.846. The lowest BCUT2D eigenvalue weighted by atomic mass is 10.2. The summed E-state index contributed by atoms with van der Waals surface area (Å²) in [6.45, 7) is 1.90. The van der Waals surface area contributed by atoms with E-state index in [4.69, 9.17) is 9.47 Å². The predicted molar refractivity (Wildman–Crippen MR) is 65.0 cm³/mol. The van der Waals surface area contributed by atoms with Gasteiger partial charge in [-0.25, -0.2) is 4.39 Å². The first-order valence-corrected chi connectivity index (χ1v) is 5.65. The van der Waals surface area contributed by atoms with Gasteiger partial charge in [0.2, 0.25) is 0 Å². The van der Waals surface area contributed by atoms with Crippen LogP contribution in [0.3, 0.4) is 0 Å². The largest absolute Gasteiger partial charge is 0.376 e. The van der Waals surface area contributed by atoms with Crippen molar-refractivity contribution < 1.29 is 13.9 Å². The molecule has 0 aromatic heterocycles. The van der Waals surface area contributed by atoms with Crippen LogP contribution in [0.25, 0.3) is 0 Å². The lowest BCUT2D eigenvalue weighted by Gasteiger charge is -2.23. The molecular weight excluding hydrogens is 277 g/mol. The van der Waals surface area contributed by atoms with Crippen LogP contribution in [0.5, 0.6) is 0 Å². The van der Waals surface area contributed by atoms with Crippen molar-refractivity contribution in [3.05, 3.63) is 28.5 Å². The Morgan fingerprint density at radius 2 is 1.94 bits per heavy atom. The van der Waals surface area contributed by atoms with Gasteiger partial charge in [-0.3, -0.25) is 0 Å². The molecule has 1 aromatic rings. The fourth-order valence-electron chi connectivity index (χ4n) is 1.43. The number of nitrogens with one attached hydrogen (secondary N) is 1. The molecule has 3 nitrogen and oxygen atoms in total. The van der Waals surface area contributed by atoms with Crippen molar-refractivity contribution in [1.29, 1.82) is 0 Å². The smallest absolute Gasteiger partial charge is 0.176 e. The van der Waals surface area contributed by atoms with Gasteiger partial charge in [0.15, 0.2) is 6.29 Å². The molecule has 0 saturated carbocycles. The second-order valence-corrected chi connectivity index (χ2v) is 4.25. The molecule has 5 heteroatoms. The molecule has 1 unspecified atom stereocenters. The molecule has 0 aliphatic heterocycles. The van der Waals surface area contributed by atoms with E-state index in [0.29, 0.717) is 5.69 Å². The van der Waals surface area contributed by atoms with Crippen molar-refractivity contribution in [3.63, 3.8) is 0 Å². The molecular formula is C11H15BrFNO2. The summed E-state index contributed by atoms with van der Waals surface area (Å²) in [7, 11) is 3.12. The normalized spacial score (nSPS) is 12.9. The standard InChI is InChI=1S/C11H15BrFNO2/c1-7(11(15-2)16-3)14-10-6-8(13)4-5-9(10)12/h4-7,11,14H,1-3H3. The maximum atomic E-state index is 13.0. The van der Waals surface area contributed by atoms with Crippen molar-refractivity contribution in [3.8, 4) is 0 Å². The first-order chi connectivity index (χ1) is 7.58. The van der Waals surface area contributed by atoms with E-state index < -0.39 is 0 Å². The highest BCUT2D eigenvalue weighted by Crippen LogP contribution is 2.24. The zero-order valence-electron chi connectivity index (χ0n) is 9.46. The average molecular weight is 292 g/mol. The molecule has 0 aliphatic carbocycles. The highest BCUT2D eigenvalue weighted by atomic mass is 79.9. The van der Waals surface area contributed by atoms with E-state index in [1.807, 2.05) is 6.92 Å². The number of rotatable bonds is 5. The van der Waals surface area contributed by atoms with Gasteiger partial charge >= 0.3 is 0 Å². The number of hydrogen-bond donors (Lipinski definition) is 1. The van der Waals surface area contributed by atoms with Crippen LogP contribution in [0, 0.1) is 5.82 Å². The fourth-order valence-corrected chi connectivity index (χ4v) is 1.79. The highest BCUT2D eigenvalue weighted by molar-refractivity contribution is 9.10. The first kappa shape index (κ1) is 13.4. The highest BCUT2D eigenvalue weighted by Gasteiger charge is 2.16. The fraction of sp³-hybridized carbons (Fsp3) is 0.455. The Bertz CT molecular complexity index is 345. The molecule has 0 spiro atoms. The molecule has 0 heterocycles. The van der Waals surface area contributed by atoms with Crippen LogP contribution in [0.15, 0.2) is 22.7 Å². The van der Waals surface area contributed by atoms with Crippen molar-refractivity contribution in [2.75, 3.05) is 19.5 Å². The predicted octanol–water partition coefficient (Wildman–Crippen LogP) is 3.01. The summed E-state index contributed by atoms with van der Waals surface area (Å²) in [6, 6.07) is 4.37. The summed E-state index contributed by atoms with van der Waals surface area (Å²) < 4.78 is 24.1. The molecule has 1 aromatic carbocycles. The number of benzene rings is 1. The molecule has 0 radical (unpaired) electrons. The monoisotopic (exact) mass is 291 g/mol. The third kappa shape index (κ3) is 3.43. The third-order valence-electron chi connectivity index (χ3n) is 2.18. The first-order valence-electron chi connectivity index (χ1n) is 4.85. The Morgan fingerprint density at radius 1 is 1.31 bits per heavy atom. The van der Waals surface area contributed by atoms with Crippen molar-refractivity contribution in [2.24, 2.45) is 0 Å². The number of methoxy groups -OCH3 is 2. The van der Waals surface area contributed by atoms with Crippen molar-refractivity contribution in [1.82, 2.24) is 0 Å². The van der Waals surface area contributed by atoms with E-state index in [0.717, 1.165) is 4.47 Å². The van der Waals surface area contributed by atoms with Gasteiger partial charge < -0.3 is 14.8 Å². The van der Waals surface area contributed by atoms with Crippen LogP contribution in [-0.4, -0.2) is 26.6 Å². The van der Waals surface area contributed by atoms with E-state index in [1.165, 1.54) is 12.1 Å². The minimum absolute atomic E-state index is 0.0897. The number of anilines is 1. The molecule has 90 valence electrons. The van der Waals surface area contributed by atoms with Crippen molar-refractivity contribution >= 4 is 21.6 Å². The topological polar surface area (TPSA) is 30.5 Å². The van der Waals surface area contributed by atoms with Crippen LogP contribution < -0.4 is 5.32 Å². The SMILES string of the molecule is COC(OC)C(C)Nc1cc(F)ccc1Br. The summed E-state index contributed by atoms with van der Waals surface area (Å²) in [5, 5.41) is 3.12. The van der Waals surface area contributed by atoms with Crippen LogP contribution in [0.1, 0.15) is 6.92 Å². The molecule has 0 aliphatic rings. The molecule has 0 saturated heterocycles. The molecule has 0 amide bonds. The minimum Gasteiger partial charge on any atom is -0.376 e.